The fraction of sp³-hybridized carbons (Fsp3) is 0.308. The number of carbonyl (C=O) groups excluding carboxylic acids is 1. The highest BCUT2D eigenvalue weighted by atomic mass is 16.6. The predicted molar refractivity (Wildman–Crippen MR) is 130 cm³/mol. The minimum atomic E-state index is -1.27. The molecule has 1 heterocycles. The molecule has 9 heteroatoms. The lowest BCUT2D eigenvalue weighted by Crippen LogP contribution is -2.32. The van der Waals surface area contributed by atoms with Gasteiger partial charge in [-0.1, -0.05) is 48.5 Å². The first-order chi connectivity index (χ1) is 16.7. The number of nitrogens with one attached hydrogen (secondary N) is 1. The highest BCUT2D eigenvalue weighted by Crippen LogP contribution is 2.42. The normalized spacial score (nSPS) is 15.7. The first kappa shape index (κ1) is 25.6. The van der Waals surface area contributed by atoms with E-state index in [9.17, 15) is 24.8 Å². The van der Waals surface area contributed by atoms with Crippen LogP contribution in [-0.4, -0.2) is 47.1 Å². The molecule has 1 atom stereocenters. The van der Waals surface area contributed by atoms with Crippen LogP contribution in [0.1, 0.15) is 37.3 Å². The van der Waals surface area contributed by atoms with E-state index in [4.69, 9.17) is 4.74 Å². The monoisotopic (exact) mass is 479 g/mol. The van der Waals surface area contributed by atoms with Crippen molar-refractivity contribution in [1.82, 2.24) is 10.2 Å². The molecule has 2 N–H and O–H groups in total. The number of hydrogen-bond donors (Lipinski definition) is 2. The maximum Gasteiger partial charge on any atom is 0.336 e. The van der Waals surface area contributed by atoms with Crippen LogP contribution >= 0.6 is 0 Å². The van der Waals surface area contributed by atoms with Gasteiger partial charge < -0.3 is 20.1 Å². The number of carboxylic acid groups (broad SMARTS) is 1. The Bertz CT molecular complexity index is 1170. The summed E-state index contributed by atoms with van der Waals surface area (Å²) in [6.07, 6.45) is 0.575. The number of aliphatic carboxylic acids is 1. The first-order valence-corrected chi connectivity index (χ1v) is 11.3. The molecule has 0 aromatic heterocycles. The highest BCUT2D eigenvalue weighted by Gasteiger charge is 2.40. The van der Waals surface area contributed by atoms with Gasteiger partial charge in [-0.3, -0.25) is 10.1 Å². The van der Waals surface area contributed by atoms with E-state index in [2.05, 4.69) is 10.2 Å². The molecule has 0 spiro atoms. The second-order valence-corrected chi connectivity index (χ2v) is 8.47. The van der Waals surface area contributed by atoms with E-state index in [0.717, 1.165) is 6.54 Å². The number of nitrogens with zero attached hydrogens (tertiary/aromatic N) is 2. The molecule has 0 aliphatic carbocycles. The van der Waals surface area contributed by atoms with Crippen molar-refractivity contribution in [2.24, 2.45) is 0 Å². The predicted octanol–water partition coefficient (Wildman–Crippen LogP) is 3.98. The summed E-state index contributed by atoms with van der Waals surface area (Å²) in [7, 11) is 1.98. The molecule has 0 amide bonds. The molecule has 3 rings (SSSR count). The van der Waals surface area contributed by atoms with Gasteiger partial charge in [0.2, 0.25) is 0 Å². The summed E-state index contributed by atoms with van der Waals surface area (Å²) in [5.41, 5.74) is 1.70. The molecule has 0 fully saturated rings. The molecule has 0 saturated heterocycles. The van der Waals surface area contributed by atoms with Crippen LogP contribution in [0, 0.1) is 10.1 Å². The molecular formula is C26H29N3O6. The average Bonchev–Trinajstić information content (AvgIpc) is 2.81. The Kier molecular flexibility index (Phi) is 8.38. The number of nitro benzene ring substituents is 1. The molecule has 2 aromatic rings. The van der Waals surface area contributed by atoms with E-state index < -0.39 is 22.8 Å². The average molecular weight is 480 g/mol. The van der Waals surface area contributed by atoms with E-state index in [1.54, 1.807) is 19.9 Å². The van der Waals surface area contributed by atoms with Gasteiger partial charge in [0.1, 0.15) is 0 Å². The van der Waals surface area contributed by atoms with Crippen LogP contribution in [-0.2, 0) is 20.9 Å². The Labute approximate surface area is 203 Å². The molecule has 0 bridgehead atoms. The molecule has 0 radical (unpaired) electrons. The van der Waals surface area contributed by atoms with Crippen molar-refractivity contribution in [3.05, 3.63) is 98.4 Å². The number of benzene rings is 2. The maximum atomic E-state index is 13.2. The number of ether oxygens (including phenoxy) is 1. The number of rotatable bonds is 10. The standard InChI is InChI=1S/C26H29N3O6/c1-17-22(25(30)31)24(20-12-7-8-13-21(20)29(33)34)23(18(2)27-17)26(32)35-15-9-14-28(3)16-19-10-5-4-6-11-19/h4-8,10-13,24,27H,9,14-16H2,1-3H3,(H,30,31). The van der Waals surface area contributed by atoms with Crippen molar-refractivity contribution in [3.8, 4) is 0 Å². The van der Waals surface area contributed by atoms with E-state index in [0.29, 0.717) is 24.4 Å². The number of allylic oxidation sites excluding steroid dienone is 2. The summed E-state index contributed by atoms with van der Waals surface area (Å²) >= 11 is 0. The van der Waals surface area contributed by atoms with Gasteiger partial charge in [0.15, 0.2) is 0 Å². The van der Waals surface area contributed by atoms with Gasteiger partial charge in [0, 0.05) is 36.1 Å². The summed E-state index contributed by atoms with van der Waals surface area (Å²) in [6, 6.07) is 15.9. The van der Waals surface area contributed by atoms with Crippen LogP contribution in [0.4, 0.5) is 5.69 Å². The third-order valence-corrected chi connectivity index (χ3v) is 5.87. The molecule has 0 saturated carbocycles. The number of para-hydroxylation sites is 1. The van der Waals surface area contributed by atoms with Gasteiger partial charge in [-0.25, -0.2) is 9.59 Å². The summed E-state index contributed by atoms with van der Waals surface area (Å²) in [4.78, 5) is 38.5. The van der Waals surface area contributed by atoms with E-state index in [-0.39, 0.29) is 29.0 Å². The zero-order chi connectivity index (χ0) is 25.5. The molecule has 2 aromatic carbocycles. The number of dihydropyridines is 1. The van der Waals surface area contributed by atoms with Gasteiger partial charge in [-0.05, 0) is 32.9 Å². The van der Waals surface area contributed by atoms with Crippen LogP contribution in [0.15, 0.2) is 77.1 Å². The van der Waals surface area contributed by atoms with Crippen LogP contribution in [0.25, 0.3) is 0 Å². The molecule has 35 heavy (non-hydrogen) atoms. The summed E-state index contributed by atoms with van der Waals surface area (Å²) < 4.78 is 5.52. The summed E-state index contributed by atoms with van der Waals surface area (Å²) in [5, 5.41) is 24.5. The Hall–Kier alpha value is -3.98. The smallest absolute Gasteiger partial charge is 0.336 e. The van der Waals surface area contributed by atoms with Gasteiger partial charge in [0.05, 0.1) is 28.6 Å². The van der Waals surface area contributed by atoms with Gasteiger partial charge in [-0.15, -0.1) is 0 Å². The second-order valence-electron chi connectivity index (χ2n) is 8.47. The van der Waals surface area contributed by atoms with Crippen LogP contribution in [0.3, 0.4) is 0 Å². The maximum absolute atomic E-state index is 13.2. The minimum Gasteiger partial charge on any atom is -0.478 e. The van der Waals surface area contributed by atoms with Crippen molar-refractivity contribution >= 4 is 17.6 Å². The van der Waals surface area contributed by atoms with Gasteiger partial charge in [-0.2, -0.15) is 0 Å². The quantitative estimate of drug-likeness (QED) is 0.227. The highest BCUT2D eigenvalue weighted by molar-refractivity contribution is 5.99. The van der Waals surface area contributed by atoms with E-state index in [1.165, 1.54) is 23.8 Å². The lowest BCUT2D eigenvalue weighted by molar-refractivity contribution is -0.385. The number of carbonyl (C=O) groups is 2. The third-order valence-electron chi connectivity index (χ3n) is 5.87. The largest absolute Gasteiger partial charge is 0.478 e. The number of hydrogen-bond acceptors (Lipinski definition) is 7. The Morgan fingerprint density at radius 2 is 1.69 bits per heavy atom. The van der Waals surface area contributed by atoms with Crippen molar-refractivity contribution in [2.45, 2.75) is 32.7 Å². The summed E-state index contributed by atoms with van der Waals surface area (Å²) in [5.74, 6) is -3.10. The fourth-order valence-electron chi connectivity index (χ4n) is 4.31. The lowest BCUT2D eigenvalue weighted by Gasteiger charge is -2.29. The van der Waals surface area contributed by atoms with E-state index in [1.807, 2.05) is 37.4 Å². The Balaban J connectivity index is 1.77. The van der Waals surface area contributed by atoms with Crippen molar-refractivity contribution in [1.29, 1.82) is 0 Å². The number of carboxylic acids is 1. The summed E-state index contributed by atoms with van der Waals surface area (Å²) in [6.45, 7) is 4.77. The second kappa shape index (κ2) is 11.4. The number of esters is 1. The third kappa shape index (κ3) is 6.13. The minimum absolute atomic E-state index is 0.0555. The zero-order valence-corrected chi connectivity index (χ0v) is 20.0. The molecule has 1 aliphatic heterocycles. The SMILES string of the molecule is CC1=C(C(=O)O)C(c2ccccc2[N+](=O)[O-])C(C(=O)OCCCN(C)Cc2ccccc2)=C(C)N1. The fourth-order valence-corrected chi connectivity index (χ4v) is 4.31. The lowest BCUT2D eigenvalue weighted by atomic mass is 9.79. The molecule has 1 unspecified atom stereocenters. The Morgan fingerprint density at radius 1 is 1.06 bits per heavy atom. The van der Waals surface area contributed by atoms with Gasteiger partial charge in [0.25, 0.3) is 5.69 Å². The van der Waals surface area contributed by atoms with Crippen LogP contribution in [0.5, 0.6) is 0 Å². The van der Waals surface area contributed by atoms with Crippen molar-refractivity contribution < 1.29 is 24.4 Å². The Morgan fingerprint density at radius 3 is 2.34 bits per heavy atom. The molecular weight excluding hydrogens is 450 g/mol. The van der Waals surface area contributed by atoms with Crippen LogP contribution < -0.4 is 5.32 Å². The van der Waals surface area contributed by atoms with Crippen molar-refractivity contribution in [2.75, 3.05) is 20.2 Å². The van der Waals surface area contributed by atoms with Crippen LogP contribution in [0.2, 0.25) is 0 Å². The molecule has 184 valence electrons. The topological polar surface area (TPSA) is 122 Å². The molecule has 1 aliphatic rings. The van der Waals surface area contributed by atoms with Crippen molar-refractivity contribution in [3.63, 3.8) is 0 Å². The number of nitro groups is 1. The van der Waals surface area contributed by atoms with E-state index >= 15 is 0 Å². The molecule has 9 nitrogen and oxygen atoms in total. The zero-order valence-electron chi connectivity index (χ0n) is 20.0. The first-order valence-electron chi connectivity index (χ1n) is 11.3. The van der Waals surface area contributed by atoms with Gasteiger partial charge >= 0.3 is 11.9 Å².